The minimum atomic E-state index is -0.0478. The van der Waals surface area contributed by atoms with Crippen LogP contribution in [0.5, 0.6) is 0 Å². The number of amides is 2. The van der Waals surface area contributed by atoms with Crippen LogP contribution in [0.25, 0.3) is 0 Å². The zero-order valence-corrected chi connectivity index (χ0v) is 14.8. The van der Waals surface area contributed by atoms with E-state index in [2.05, 4.69) is 27.7 Å². The van der Waals surface area contributed by atoms with Crippen LogP contribution in [-0.4, -0.2) is 69.1 Å². The second kappa shape index (κ2) is 8.32. The third-order valence-corrected chi connectivity index (χ3v) is 5.74. The lowest BCUT2D eigenvalue weighted by atomic mass is 9.57. The predicted octanol–water partition coefficient (Wildman–Crippen LogP) is 1.52. The van der Waals surface area contributed by atoms with Crippen LogP contribution < -0.4 is 10.6 Å². The van der Waals surface area contributed by atoms with Gasteiger partial charge in [0, 0.05) is 57.5 Å². The molecule has 1 saturated carbocycles. The van der Waals surface area contributed by atoms with Crippen molar-refractivity contribution >= 4 is 6.03 Å². The van der Waals surface area contributed by atoms with Gasteiger partial charge in [-0.3, -0.25) is 4.90 Å². The Hall–Kier alpha value is -1.11. The molecule has 3 rings (SSSR count). The molecular formula is C18H31N3O3. The minimum absolute atomic E-state index is 0.0478. The van der Waals surface area contributed by atoms with Gasteiger partial charge in [0.05, 0.1) is 6.10 Å². The number of nitrogens with one attached hydrogen (secondary N) is 2. The number of ether oxygens (including phenoxy) is 2. The molecular weight excluding hydrogens is 306 g/mol. The second-order valence-corrected chi connectivity index (χ2v) is 7.04. The molecule has 0 aromatic heterocycles. The summed E-state index contributed by atoms with van der Waals surface area (Å²) in [5, 5.41) is 6.19. The van der Waals surface area contributed by atoms with E-state index in [-0.39, 0.29) is 23.6 Å². The quantitative estimate of drug-likeness (QED) is 0.722. The smallest absolute Gasteiger partial charge is 0.315 e. The Bertz CT molecular complexity index is 449. The van der Waals surface area contributed by atoms with Crippen LogP contribution in [0.1, 0.15) is 32.6 Å². The summed E-state index contributed by atoms with van der Waals surface area (Å²) in [4.78, 5) is 14.6. The first kappa shape index (κ1) is 17.7. The van der Waals surface area contributed by atoms with Gasteiger partial charge in [-0.15, -0.1) is 0 Å². The van der Waals surface area contributed by atoms with Crippen molar-refractivity contribution in [3.8, 4) is 0 Å². The Labute approximate surface area is 144 Å². The largest absolute Gasteiger partial charge is 0.381 e. The summed E-state index contributed by atoms with van der Waals surface area (Å²) in [5.74, 6) is 0. The summed E-state index contributed by atoms with van der Waals surface area (Å²) in [6.07, 6.45) is 8.65. The maximum Gasteiger partial charge on any atom is 0.315 e. The van der Waals surface area contributed by atoms with Gasteiger partial charge >= 0.3 is 6.03 Å². The molecule has 0 aromatic rings. The van der Waals surface area contributed by atoms with Gasteiger partial charge in [-0.2, -0.15) is 0 Å². The SMILES string of the molecule is CCO[C@H]1C[C@@H](NC(=O)NCCN2CC=CCC2)C12CCOCC2. The van der Waals surface area contributed by atoms with E-state index in [1.165, 1.54) is 0 Å². The highest BCUT2D eigenvalue weighted by atomic mass is 16.5. The number of carbonyl (C=O) groups excluding carboxylic acids is 1. The van der Waals surface area contributed by atoms with Crippen molar-refractivity contribution < 1.29 is 14.3 Å². The number of hydrogen-bond acceptors (Lipinski definition) is 4. The fourth-order valence-corrected chi connectivity index (χ4v) is 4.24. The van der Waals surface area contributed by atoms with Crippen LogP contribution >= 0.6 is 0 Å². The summed E-state index contributed by atoms with van der Waals surface area (Å²) < 4.78 is 11.4. The molecule has 1 aliphatic carbocycles. The van der Waals surface area contributed by atoms with Crippen LogP contribution in [0.4, 0.5) is 4.79 Å². The highest BCUT2D eigenvalue weighted by molar-refractivity contribution is 5.74. The van der Waals surface area contributed by atoms with Gasteiger partial charge in [-0.05, 0) is 32.6 Å². The van der Waals surface area contributed by atoms with E-state index in [1.54, 1.807) is 0 Å². The molecule has 0 unspecified atom stereocenters. The Kier molecular flexibility index (Phi) is 6.14. The molecule has 24 heavy (non-hydrogen) atoms. The van der Waals surface area contributed by atoms with Crippen molar-refractivity contribution in [3.63, 3.8) is 0 Å². The predicted molar refractivity (Wildman–Crippen MR) is 93.0 cm³/mol. The standard InChI is InChI=1S/C18H31N3O3/c1-2-24-16-14-15(18(16)6-12-23-13-7-18)20-17(22)19-8-11-21-9-4-3-5-10-21/h3-4,15-16H,2,5-14H2,1H3,(H2,19,20,22)/t15-,16+/m1/s1. The fourth-order valence-electron chi connectivity index (χ4n) is 4.24. The van der Waals surface area contributed by atoms with Gasteiger partial charge < -0.3 is 20.1 Å². The molecule has 1 saturated heterocycles. The van der Waals surface area contributed by atoms with E-state index in [0.717, 1.165) is 65.1 Å². The third kappa shape index (κ3) is 3.92. The van der Waals surface area contributed by atoms with E-state index in [1.807, 2.05) is 6.92 Å². The second-order valence-electron chi connectivity index (χ2n) is 7.04. The van der Waals surface area contributed by atoms with Gasteiger partial charge in [0.2, 0.25) is 0 Å². The van der Waals surface area contributed by atoms with E-state index in [9.17, 15) is 4.79 Å². The zero-order valence-electron chi connectivity index (χ0n) is 14.8. The Morgan fingerprint density at radius 3 is 2.92 bits per heavy atom. The first-order valence-corrected chi connectivity index (χ1v) is 9.35. The Morgan fingerprint density at radius 1 is 1.38 bits per heavy atom. The lowest BCUT2D eigenvalue weighted by Crippen LogP contribution is -2.67. The van der Waals surface area contributed by atoms with Gasteiger partial charge in [-0.25, -0.2) is 4.79 Å². The van der Waals surface area contributed by atoms with Gasteiger partial charge in [0.1, 0.15) is 0 Å². The van der Waals surface area contributed by atoms with Crippen LogP contribution in [0, 0.1) is 5.41 Å². The van der Waals surface area contributed by atoms with Crippen LogP contribution in [0.3, 0.4) is 0 Å². The molecule has 136 valence electrons. The minimum Gasteiger partial charge on any atom is -0.381 e. The van der Waals surface area contributed by atoms with E-state index in [4.69, 9.17) is 9.47 Å². The summed E-state index contributed by atoms with van der Waals surface area (Å²) in [5.41, 5.74) is 0.0727. The van der Waals surface area contributed by atoms with Gasteiger partial charge in [0.25, 0.3) is 0 Å². The first-order chi connectivity index (χ1) is 11.7. The van der Waals surface area contributed by atoms with Crippen LogP contribution in [0.15, 0.2) is 12.2 Å². The first-order valence-electron chi connectivity index (χ1n) is 9.35. The average Bonchev–Trinajstić information content (AvgIpc) is 2.62. The number of rotatable bonds is 6. The summed E-state index contributed by atoms with van der Waals surface area (Å²) in [6, 6.07) is 0.157. The Balaban J connectivity index is 1.42. The molecule has 3 aliphatic rings. The normalized spacial score (nSPS) is 29.2. The highest BCUT2D eigenvalue weighted by Crippen LogP contribution is 2.50. The average molecular weight is 337 g/mol. The Morgan fingerprint density at radius 2 is 2.21 bits per heavy atom. The summed E-state index contributed by atoms with van der Waals surface area (Å²) in [7, 11) is 0. The van der Waals surface area contributed by atoms with Crippen molar-refractivity contribution in [1.29, 1.82) is 0 Å². The molecule has 2 heterocycles. The topological polar surface area (TPSA) is 62.8 Å². The molecule has 0 aromatic carbocycles. The number of carbonyl (C=O) groups is 1. The molecule has 0 bridgehead atoms. The molecule has 2 atom stereocenters. The van der Waals surface area contributed by atoms with Crippen molar-refractivity contribution in [2.45, 2.75) is 44.8 Å². The maximum atomic E-state index is 12.3. The van der Waals surface area contributed by atoms with E-state index >= 15 is 0 Å². The van der Waals surface area contributed by atoms with Gasteiger partial charge in [0.15, 0.2) is 0 Å². The zero-order chi connectivity index (χ0) is 16.8. The molecule has 2 amide bonds. The molecule has 1 spiro atoms. The lowest BCUT2D eigenvalue weighted by Gasteiger charge is -2.57. The molecule has 2 fully saturated rings. The molecule has 0 radical (unpaired) electrons. The maximum absolute atomic E-state index is 12.3. The van der Waals surface area contributed by atoms with E-state index in [0.29, 0.717) is 6.54 Å². The lowest BCUT2D eigenvalue weighted by molar-refractivity contribution is -0.169. The van der Waals surface area contributed by atoms with Gasteiger partial charge in [-0.1, -0.05) is 12.2 Å². The molecule has 2 N–H and O–H groups in total. The molecule has 6 nitrogen and oxygen atoms in total. The summed E-state index contributed by atoms with van der Waals surface area (Å²) >= 11 is 0. The van der Waals surface area contributed by atoms with Crippen LogP contribution in [0.2, 0.25) is 0 Å². The molecule has 6 heteroatoms. The fraction of sp³-hybridized carbons (Fsp3) is 0.833. The highest BCUT2D eigenvalue weighted by Gasteiger charge is 2.56. The van der Waals surface area contributed by atoms with Crippen molar-refractivity contribution in [3.05, 3.63) is 12.2 Å². The monoisotopic (exact) mass is 337 g/mol. The van der Waals surface area contributed by atoms with Crippen LogP contribution in [-0.2, 0) is 9.47 Å². The van der Waals surface area contributed by atoms with Crippen molar-refractivity contribution in [2.75, 3.05) is 46.0 Å². The molecule has 2 aliphatic heterocycles. The third-order valence-electron chi connectivity index (χ3n) is 5.74. The number of nitrogens with zero attached hydrogens (tertiary/aromatic N) is 1. The van der Waals surface area contributed by atoms with Crippen molar-refractivity contribution in [2.24, 2.45) is 5.41 Å². The summed E-state index contributed by atoms with van der Waals surface area (Å²) in [6.45, 7) is 7.98. The number of hydrogen-bond donors (Lipinski definition) is 2. The van der Waals surface area contributed by atoms with Crippen molar-refractivity contribution in [1.82, 2.24) is 15.5 Å². The van der Waals surface area contributed by atoms with E-state index < -0.39 is 0 Å². The number of urea groups is 1.